The first-order chi connectivity index (χ1) is 16.4. The number of hydrogen-bond donors (Lipinski definition) is 3. The lowest BCUT2D eigenvalue weighted by atomic mass is 9.84. The van der Waals surface area contributed by atoms with Crippen LogP contribution in [0.1, 0.15) is 56.1 Å². The van der Waals surface area contributed by atoms with Crippen LogP contribution < -0.4 is 10.6 Å². The Morgan fingerprint density at radius 1 is 1.12 bits per heavy atom. The minimum Gasteiger partial charge on any atom is -0.509 e. The molecule has 1 saturated carbocycles. The van der Waals surface area contributed by atoms with Crippen LogP contribution >= 0.6 is 0 Å². The van der Waals surface area contributed by atoms with E-state index in [2.05, 4.69) is 15.6 Å². The molecule has 1 unspecified atom stereocenters. The van der Waals surface area contributed by atoms with E-state index in [0.29, 0.717) is 18.0 Å². The van der Waals surface area contributed by atoms with Crippen molar-refractivity contribution in [3.8, 4) is 0 Å². The molecule has 5 rings (SSSR count). The molecule has 0 radical (unpaired) electrons. The fraction of sp³-hybridized carbons (Fsp3) is 0.321. The van der Waals surface area contributed by atoms with Gasteiger partial charge in [-0.15, -0.1) is 0 Å². The summed E-state index contributed by atoms with van der Waals surface area (Å²) >= 11 is 0. The number of aromatic nitrogens is 1. The molecule has 6 heteroatoms. The van der Waals surface area contributed by atoms with E-state index >= 15 is 0 Å². The molecule has 2 aliphatic rings. The number of anilines is 1. The second-order valence-electron chi connectivity index (χ2n) is 9.63. The van der Waals surface area contributed by atoms with Gasteiger partial charge in [0.05, 0.1) is 11.1 Å². The number of amides is 2. The van der Waals surface area contributed by atoms with Crippen LogP contribution in [-0.2, 0) is 16.0 Å². The van der Waals surface area contributed by atoms with Gasteiger partial charge in [0.2, 0.25) is 0 Å². The molecule has 174 valence electrons. The van der Waals surface area contributed by atoms with Gasteiger partial charge in [0.15, 0.2) is 0 Å². The third-order valence-corrected chi connectivity index (χ3v) is 7.07. The molecule has 6 nitrogen and oxygen atoms in total. The standard InChI is InChI=1S/C28H29N3O3/c1-28(17-18-9-14-23-21(16-18)8-5-15-29-23)25(32)24(27(34)31-28)26(33)30-22-12-10-20(11-13-22)19-6-3-2-4-7-19/h5,8-16,19,32H,2-4,6-7,17H2,1H3,(H,30,33)(H,31,34). The molecule has 1 aliphatic heterocycles. The van der Waals surface area contributed by atoms with Crippen LogP contribution in [0.3, 0.4) is 0 Å². The maximum atomic E-state index is 12.9. The first kappa shape index (κ1) is 22.1. The van der Waals surface area contributed by atoms with Crippen LogP contribution in [0.5, 0.6) is 0 Å². The van der Waals surface area contributed by atoms with Gasteiger partial charge in [0.1, 0.15) is 11.3 Å². The van der Waals surface area contributed by atoms with Crippen LogP contribution in [0, 0.1) is 0 Å². The van der Waals surface area contributed by atoms with E-state index in [0.717, 1.165) is 16.5 Å². The minimum atomic E-state index is -1.06. The SMILES string of the molecule is CC1(Cc2ccc3ncccc3c2)NC(=O)C(C(=O)Nc2ccc(C3CCCCC3)cc2)=C1O. The third-order valence-electron chi connectivity index (χ3n) is 7.07. The summed E-state index contributed by atoms with van der Waals surface area (Å²) in [4.78, 5) is 30.0. The van der Waals surface area contributed by atoms with Crippen molar-refractivity contribution in [3.63, 3.8) is 0 Å². The smallest absolute Gasteiger partial charge is 0.264 e. The molecule has 34 heavy (non-hydrogen) atoms. The number of pyridine rings is 1. The summed E-state index contributed by atoms with van der Waals surface area (Å²) < 4.78 is 0. The number of benzene rings is 2. The van der Waals surface area contributed by atoms with E-state index in [1.165, 1.54) is 37.7 Å². The van der Waals surface area contributed by atoms with E-state index in [-0.39, 0.29) is 11.3 Å². The van der Waals surface area contributed by atoms with Crippen LogP contribution in [0.25, 0.3) is 10.9 Å². The number of hydrogen-bond acceptors (Lipinski definition) is 4. The summed E-state index contributed by atoms with van der Waals surface area (Å²) in [5, 5.41) is 17.5. The molecule has 0 spiro atoms. The zero-order chi connectivity index (χ0) is 23.7. The van der Waals surface area contributed by atoms with Gasteiger partial charge < -0.3 is 15.7 Å². The van der Waals surface area contributed by atoms with Crippen molar-refractivity contribution in [2.75, 3.05) is 5.32 Å². The van der Waals surface area contributed by atoms with Gasteiger partial charge in [0, 0.05) is 23.7 Å². The Labute approximate surface area is 199 Å². The Morgan fingerprint density at radius 2 is 1.88 bits per heavy atom. The molecular weight excluding hydrogens is 426 g/mol. The Balaban J connectivity index is 1.32. The summed E-state index contributed by atoms with van der Waals surface area (Å²) in [5.74, 6) is -0.830. The van der Waals surface area contributed by atoms with E-state index in [1.54, 1.807) is 13.1 Å². The maximum Gasteiger partial charge on any atom is 0.264 e. The number of aliphatic hydroxyl groups excluding tert-OH is 1. The topological polar surface area (TPSA) is 91.3 Å². The lowest BCUT2D eigenvalue weighted by Crippen LogP contribution is -2.43. The van der Waals surface area contributed by atoms with E-state index in [4.69, 9.17) is 0 Å². The normalized spacial score (nSPS) is 21.0. The highest BCUT2D eigenvalue weighted by atomic mass is 16.3. The summed E-state index contributed by atoms with van der Waals surface area (Å²) in [6.45, 7) is 1.73. The van der Waals surface area contributed by atoms with Crippen LogP contribution in [-0.4, -0.2) is 27.4 Å². The molecule has 1 fully saturated rings. The van der Waals surface area contributed by atoms with Crippen molar-refractivity contribution in [2.45, 2.75) is 56.9 Å². The first-order valence-electron chi connectivity index (χ1n) is 11.9. The molecule has 1 aliphatic carbocycles. The highest BCUT2D eigenvalue weighted by Gasteiger charge is 2.44. The fourth-order valence-corrected chi connectivity index (χ4v) is 5.21. The predicted octanol–water partition coefficient (Wildman–Crippen LogP) is 5.16. The summed E-state index contributed by atoms with van der Waals surface area (Å²) in [7, 11) is 0. The second-order valence-corrected chi connectivity index (χ2v) is 9.63. The van der Waals surface area contributed by atoms with Gasteiger partial charge in [-0.25, -0.2) is 0 Å². The van der Waals surface area contributed by atoms with Crippen molar-refractivity contribution < 1.29 is 14.7 Å². The van der Waals surface area contributed by atoms with Crippen molar-refractivity contribution in [1.82, 2.24) is 10.3 Å². The summed E-state index contributed by atoms with van der Waals surface area (Å²) in [6, 6.07) is 17.5. The average molecular weight is 456 g/mol. The van der Waals surface area contributed by atoms with Gasteiger partial charge in [-0.1, -0.05) is 43.5 Å². The Bertz CT molecular complexity index is 1280. The second kappa shape index (κ2) is 8.93. The predicted molar refractivity (Wildman–Crippen MR) is 133 cm³/mol. The van der Waals surface area contributed by atoms with Crippen molar-refractivity contribution in [3.05, 3.63) is 83.3 Å². The van der Waals surface area contributed by atoms with Gasteiger partial charge in [0.25, 0.3) is 11.8 Å². The van der Waals surface area contributed by atoms with E-state index in [9.17, 15) is 14.7 Å². The number of carbonyl (C=O) groups excluding carboxylic acids is 2. The Hall–Kier alpha value is -3.67. The maximum absolute atomic E-state index is 12.9. The zero-order valence-corrected chi connectivity index (χ0v) is 19.3. The number of rotatable bonds is 5. The minimum absolute atomic E-state index is 0.235. The number of aliphatic hydroxyl groups is 1. The lowest BCUT2D eigenvalue weighted by molar-refractivity contribution is -0.121. The molecule has 2 heterocycles. The number of carbonyl (C=O) groups is 2. The van der Waals surface area contributed by atoms with Gasteiger partial charge in [-0.3, -0.25) is 14.6 Å². The molecule has 1 atom stereocenters. The van der Waals surface area contributed by atoms with Crippen molar-refractivity contribution >= 4 is 28.4 Å². The highest BCUT2D eigenvalue weighted by molar-refractivity contribution is 6.24. The van der Waals surface area contributed by atoms with Gasteiger partial charge in [-0.05, 0) is 67.1 Å². The van der Waals surface area contributed by atoms with Gasteiger partial charge in [-0.2, -0.15) is 0 Å². The average Bonchev–Trinajstić information content (AvgIpc) is 3.07. The molecule has 1 aromatic heterocycles. The lowest BCUT2D eigenvalue weighted by Gasteiger charge is -2.25. The molecular formula is C28H29N3O3. The summed E-state index contributed by atoms with van der Waals surface area (Å²) in [5.41, 5.74) is 2.40. The Kier molecular flexibility index (Phi) is 5.82. The van der Waals surface area contributed by atoms with Crippen molar-refractivity contribution in [1.29, 1.82) is 0 Å². The largest absolute Gasteiger partial charge is 0.509 e. The van der Waals surface area contributed by atoms with Crippen LogP contribution in [0.15, 0.2) is 72.1 Å². The molecule has 3 aromatic rings. The number of fused-ring (bicyclic) bond motifs is 1. The Morgan fingerprint density at radius 3 is 2.65 bits per heavy atom. The fourth-order valence-electron chi connectivity index (χ4n) is 5.21. The molecule has 0 bridgehead atoms. The van der Waals surface area contributed by atoms with Crippen LogP contribution in [0.2, 0.25) is 0 Å². The summed E-state index contributed by atoms with van der Waals surface area (Å²) in [6.07, 6.45) is 8.34. The van der Waals surface area contributed by atoms with Crippen molar-refractivity contribution in [2.24, 2.45) is 0 Å². The number of nitrogens with zero attached hydrogens (tertiary/aromatic N) is 1. The third kappa shape index (κ3) is 4.28. The van der Waals surface area contributed by atoms with E-state index in [1.807, 2.05) is 54.6 Å². The first-order valence-corrected chi connectivity index (χ1v) is 11.9. The molecule has 2 amide bonds. The molecule has 3 N–H and O–H groups in total. The molecule has 0 saturated heterocycles. The zero-order valence-electron chi connectivity index (χ0n) is 19.3. The van der Waals surface area contributed by atoms with Crippen LogP contribution in [0.4, 0.5) is 5.69 Å². The monoisotopic (exact) mass is 455 g/mol. The quantitative estimate of drug-likeness (QED) is 0.463. The van der Waals surface area contributed by atoms with Gasteiger partial charge >= 0.3 is 0 Å². The highest BCUT2D eigenvalue weighted by Crippen LogP contribution is 2.34. The number of nitrogens with one attached hydrogen (secondary N) is 2. The van der Waals surface area contributed by atoms with E-state index < -0.39 is 17.4 Å². The molecule has 2 aromatic carbocycles.